The normalized spacial score (nSPS) is 12.8. The van der Waals surface area contributed by atoms with Crippen LogP contribution >= 0.6 is 0 Å². The first kappa shape index (κ1) is 14.1. The SMILES string of the molecule is CS(=O)(=O)ONC(N)=NCCCCCN. The van der Waals surface area contributed by atoms with Gasteiger partial charge in [-0.3, -0.25) is 4.99 Å². The molecule has 0 aromatic heterocycles. The molecule has 0 saturated carbocycles. The topological polar surface area (TPSA) is 120 Å². The Hall–Kier alpha value is -0.860. The van der Waals surface area contributed by atoms with Gasteiger partial charge in [0.05, 0.1) is 6.26 Å². The van der Waals surface area contributed by atoms with Crippen molar-refractivity contribution < 1.29 is 12.7 Å². The second kappa shape index (κ2) is 7.43. The molecule has 0 aliphatic carbocycles. The third kappa shape index (κ3) is 11.1. The van der Waals surface area contributed by atoms with E-state index in [1.165, 1.54) is 0 Å². The number of hydrogen-bond donors (Lipinski definition) is 3. The Morgan fingerprint density at radius 1 is 1.40 bits per heavy atom. The van der Waals surface area contributed by atoms with Crippen molar-refractivity contribution in [1.29, 1.82) is 0 Å². The molecule has 90 valence electrons. The van der Waals surface area contributed by atoms with Gasteiger partial charge < -0.3 is 11.5 Å². The number of hydroxylamine groups is 1. The van der Waals surface area contributed by atoms with E-state index in [-0.39, 0.29) is 5.96 Å². The van der Waals surface area contributed by atoms with Crippen LogP contribution in [-0.2, 0) is 14.4 Å². The Balaban J connectivity index is 3.61. The maximum Gasteiger partial charge on any atom is 0.285 e. The molecule has 0 rings (SSSR count). The van der Waals surface area contributed by atoms with Gasteiger partial charge in [-0.25, -0.2) is 5.48 Å². The van der Waals surface area contributed by atoms with E-state index >= 15 is 0 Å². The number of nitrogens with zero attached hydrogens (tertiary/aromatic N) is 1. The first-order chi connectivity index (χ1) is 6.95. The fraction of sp³-hybridized carbons (Fsp3) is 0.857. The smallest absolute Gasteiger partial charge is 0.285 e. The molecule has 15 heavy (non-hydrogen) atoms. The molecule has 0 aromatic carbocycles. The summed E-state index contributed by atoms with van der Waals surface area (Å²) in [5.74, 6) is -0.0480. The Labute approximate surface area is 90.0 Å². The first-order valence-electron chi connectivity index (χ1n) is 4.60. The zero-order chi connectivity index (χ0) is 11.7. The molecule has 0 aromatic rings. The van der Waals surface area contributed by atoms with Crippen LogP contribution in [0.2, 0.25) is 0 Å². The molecule has 0 unspecified atom stereocenters. The second-order valence-electron chi connectivity index (χ2n) is 3.01. The van der Waals surface area contributed by atoms with E-state index in [4.69, 9.17) is 11.5 Å². The molecule has 0 heterocycles. The molecule has 0 radical (unpaired) electrons. The van der Waals surface area contributed by atoms with Gasteiger partial charge >= 0.3 is 0 Å². The molecule has 8 heteroatoms. The summed E-state index contributed by atoms with van der Waals surface area (Å²) in [6.07, 6.45) is 3.69. The molecule has 0 spiro atoms. The number of nitrogens with one attached hydrogen (secondary N) is 1. The maximum atomic E-state index is 10.5. The Bertz CT molecular complexity index is 289. The highest BCUT2D eigenvalue weighted by Gasteiger charge is 2.01. The molecular weight excluding hydrogens is 220 g/mol. The highest BCUT2D eigenvalue weighted by Crippen LogP contribution is 1.93. The van der Waals surface area contributed by atoms with Crippen molar-refractivity contribution in [2.45, 2.75) is 19.3 Å². The van der Waals surface area contributed by atoms with Crippen molar-refractivity contribution in [2.24, 2.45) is 16.5 Å². The van der Waals surface area contributed by atoms with Crippen LogP contribution < -0.4 is 16.9 Å². The second-order valence-corrected chi connectivity index (χ2v) is 4.58. The monoisotopic (exact) mass is 238 g/mol. The summed E-state index contributed by atoms with van der Waals surface area (Å²) >= 11 is 0. The van der Waals surface area contributed by atoms with Crippen molar-refractivity contribution in [3.63, 3.8) is 0 Å². The molecule has 0 amide bonds. The highest BCUT2D eigenvalue weighted by atomic mass is 32.2. The van der Waals surface area contributed by atoms with Gasteiger partial charge in [-0.2, -0.15) is 8.42 Å². The number of hydrogen-bond acceptors (Lipinski definition) is 5. The third-order valence-electron chi connectivity index (χ3n) is 1.44. The predicted octanol–water partition coefficient (Wildman–Crippen LogP) is -1.09. The van der Waals surface area contributed by atoms with Crippen molar-refractivity contribution >= 4 is 16.1 Å². The summed E-state index contributed by atoms with van der Waals surface area (Å²) in [6.45, 7) is 1.18. The number of guanidine groups is 1. The minimum absolute atomic E-state index is 0.0480. The van der Waals surface area contributed by atoms with Gasteiger partial charge in [-0.15, -0.1) is 4.28 Å². The number of nitrogens with two attached hydrogens (primary N) is 2. The van der Waals surface area contributed by atoms with E-state index in [1.54, 1.807) is 0 Å². The van der Waals surface area contributed by atoms with Crippen molar-refractivity contribution in [3.8, 4) is 0 Å². The summed E-state index contributed by atoms with van der Waals surface area (Å²) in [5, 5.41) is 0. The molecule has 7 nitrogen and oxygen atoms in total. The molecule has 0 aliphatic heterocycles. The lowest BCUT2D eigenvalue weighted by molar-refractivity contribution is 0.269. The van der Waals surface area contributed by atoms with Crippen LogP contribution in [0.5, 0.6) is 0 Å². The molecule has 0 atom stereocenters. The summed E-state index contributed by atoms with van der Waals surface area (Å²) in [6, 6.07) is 0. The zero-order valence-corrected chi connectivity index (χ0v) is 9.59. The standard InChI is InChI=1S/C7H18N4O3S/c1-15(12,13)14-11-7(9)10-6-4-2-3-5-8/h2-6,8H2,1H3,(H3,9,10,11). The molecule has 5 N–H and O–H groups in total. The fourth-order valence-electron chi connectivity index (χ4n) is 0.783. The lowest BCUT2D eigenvalue weighted by Crippen LogP contribution is -2.33. The minimum atomic E-state index is -3.55. The van der Waals surface area contributed by atoms with E-state index in [2.05, 4.69) is 9.28 Å². The first-order valence-corrected chi connectivity index (χ1v) is 6.42. The van der Waals surface area contributed by atoms with Crippen LogP contribution in [0.4, 0.5) is 0 Å². The van der Waals surface area contributed by atoms with Crippen LogP contribution in [0.15, 0.2) is 4.99 Å². The molecular formula is C7H18N4O3S. The van der Waals surface area contributed by atoms with Crippen molar-refractivity contribution in [3.05, 3.63) is 0 Å². The van der Waals surface area contributed by atoms with E-state index in [0.717, 1.165) is 25.5 Å². The highest BCUT2D eigenvalue weighted by molar-refractivity contribution is 7.85. The predicted molar refractivity (Wildman–Crippen MR) is 58.5 cm³/mol. The van der Waals surface area contributed by atoms with Gasteiger partial charge in [-0.1, -0.05) is 6.42 Å². The maximum absolute atomic E-state index is 10.5. The lowest BCUT2D eigenvalue weighted by Gasteiger charge is -2.03. The van der Waals surface area contributed by atoms with Crippen molar-refractivity contribution in [2.75, 3.05) is 19.3 Å². The summed E-state index contributed by atoms with van der Waals surface area (Å²) in [5.41, 5.74) is 12.7. The van der Waals surface area contributed by atoms with E-state index in [1.807, 2.05) is 5.48 Å². The largest absolute Gasteiger partial charge is 0.368 e. The van der Waals surface area contributed by atoms with Gasteiger partial charge in [0.1, 0.15) is 0 Å². The molecule has 0 bridgehead atoms. The number of aliphatic imine (C=N–C) groups is 1. The minimum Gasteiger partial charge on any atom is -0.368 e. The number of unbranched alkanes of at least 4 members (excludes halogenated alkanes) is 2. The van der Waals surface area contributed by atoms with Crippen LogP contribution in [0, 0.1) is 0 Å². The number of rotatable bonds is 7. The van der Waals surface area contributed by atoms with Crippen LogP contribution in [0.1, 0.15) is 19.3 Å². The van der Waals surface area contributed by atoms with Crippen LogP contribution in [-0.4, -0.2) is 33.7 Å². The van der Waals surface area contributed by atoms with E-state index in [9.17, 15) is 8.42 Å². The van der Waals surface area contributed by atoms with Gasteiger partial charge in [0, 0.05) is 6.54 Å². The average Bonchev–Trinajstić information content (AvgIpc) is 2.13. The third-order valence-corrected chi connectivity index (χ3v) is 1.83. The Morgan fingerprint density at radius 3 is 2.60 bits per heavy atom. The van der Waals surface area contributed by atoms with E-state index in [0.29, 0.717) is 13.1 Å². The summed E-state index contributed by atoms with van der Waals surface area (Å²) in [4.78, 5) is 3.85. The van der Waals surface area contributed by atoms with Gasteiger partial charge in [0.2, 0.25) is 5.96 Å². The Kier molecular flexibility index (Phi) is 7.01. The molecule has 0 aliphatic rings. The average molecular weight is 238 g/mol. The summed E-state index contributed by atoms with van der Waals surface area (Å²) < 4.78 is 25.3. The van der Waals surface area contributed by atoms with E-state index < -0.39 is 10.1 Å². The van der Waals surface area contributed by atoms with Crippen LogP contribution in [0.25, 0.3) is 0 Å². The van der Waals surface area contributed by atoms with Crippen molar-refractivity contribution in [1.82, 2.24) is 5.48 Å². The summed E-state index contributed by atoms with van der Waals surface area (Å²) in [7, 11) is -3.55. The molecule has 0 fully saturated rings. The quantitative estimate of drug-likeness (QED) is 0.224. The molecule has 0 saturated heterocycles. The van der Waals surface area contributed by atoms with Gasteiger partial charge in [0.15, 0.2) is 0 Å². The zero-order valence-electron chi connectivity index (χ0n) is 8.77. The van der Waals surface area contributed by atoms with Crippen LogP contribution in [0.3, 0.4) is 0 Å². The lowest BCUT2D eigenvalue weighted by atomic mass is 10.2. The van der Waals surface area contributed by atoms with Gasteiger partial charge in [0.25, 0.3) is 10.1 Å². The Morgan fingerprint density at radius 2 is 2.07 bits per heavy atom. The van der Waals surface area contributed by atoms with Gasteiger partial charge in [-0.05, 0) is 19.4 Å². The fourth-order valence-corrected chi connectivity index (χ4v) is 1.02.